The number of hydrogen-bond acceptors (Lipinski definition) is 9. The molecular formula is C45H50BrN7O4. The van der Waals surface area contributed by atoms with Crippen LogP contribution in [-0.2, 0) is 38.6 Å². The first-order valence-electron chi connectivity index (χ1n) is 19.3. The number of allylic oxidation sites excluding steroid dienone is 2. The molecule has 2 amide bonds. The molecule has 1 saturated carbocycles. The van der Waals surface area contributed by atoms with Gasteiger partial charge in [-0.05, 0) is 121 Å². The number of benzene rings is 2. The highest BCUT2D eigenvalue weighted by Gasteiger charge is 2.67. The average Bonchev–Trinajstić information content (AvgIpc) is 3.79. The summed E-state index contributed by atoms with van der Waals surface area (Å²) in [7, 11) is 0. The minimum absolute atomic E-state index is 0.147. The maximum Gasteiger partial charge on any atom is 0.248 e. The van der Waals surface area contributed by atoms with E-state index in [9.17, 15) is 14.4 Å². The van der Waals surface area contributed by atoms with Crippen LogP contribution in [0.15, 0.2) is 90.8 Å². The Labute approximate surface area is 343 Å². The van der Waals surface area contributed by atoms with E-state index in [4.69, 9.17) is 10.1 Å². The minimum atomic E-state index is -0.755. The summed E-state index contributed by atoms with van der Waals surface area (Å²) in [6.07, 6.45) is 12.4. The molecule has 0 unspecified atom stereocenters. The molecule has 6 rings (SSSR count). The lowest BCUT2D eigenvalue weighted by Gasteiger charge is -2.28. The van der Waals surface area contributed by atoms with Crippen LogP contribution in [0.2, 0.25) is 0 Å². The number of ketones is 1. The summed E-state index contributed by atoms with van der Waals surface area (Å²) in [4.78, 5) is 56.2. The van der Waals surface area contributed by atoms with Crippen LogP contribution in [0.4, 0.5) is 11.5 Å². The summed E-state index contributed by atoms with van der Waals surface area (Å²) >= 11 is 3.40. The summed E-state index contributed by atoms with van der Waals surface area (Å²) in [6.45, 7) is 13.4. The number of amides is 2. The third-order valence-electron chi connectivity index (χ3n) is 10.8. The van der Waals surface area contributed by atoms with Crippen molar-refractivity contribution in [1.29, 1.82) is 5.41 Å². The van der Waals surface area contributed by atoms with E-state index in [1.165, 1.54) is 6.92 Å². The zero-order valence-corrected chi connectivity index (χ0v) is 34.5. The second-order valence-corrected chi connectivity index (χ2v) is 15.9. The number of pyridine rings is 1. The van der Waals surface area contributed by atoms with Gasteiger partial charge in [-0.25, -0.2) is 15.0 Å². The molecule has 2 aromatic carbocycles. The molecule has 4 aromatic rings. The second kappa shape index (κ2) is 18.3. The van der Waals surface area contributed by atoms with Crippen LogP contribution in [0.1, 0.15) is 72.7 Å². The number of carbonyl (C=O) groups is 3. The van der Waals surface area contributed by atoms with Gasteiger partial charge in [0, 0.05) is 47.6 Å². The first kappa shape index (κ1) is 41.3. The number of aromatic nitrogens is 3. The first-order chi connectivity index (χ1) is 27.4. The molecule has 12 heteroatoms. The van der Waals surface area contributed by atoms with Crippen LogP contribution >= 0.6 is 15.9 Å². The highest BCUT2D eigenvalue weighted by molar-refractivity contribution is 9.10. The summed E-state index contributed by atoms with van der Waals surface area (Å²) in [5.74, 6) is 0.0888. The number of piperidine rings is 1. The Morgan fingerprint density at radius 1 is 1.02 bits per heavy atom. The van der Waals surface area contributed by atoms with Gasteiger partial charge in [-0.3, -0.25) is 19.8 Å². The van der Waals surface area contributed by atoms with E-state index in [0.29, 0.717) is 53.6 Å². The number of nitrogens with one attached hydrogen (secondary N) is 3. The lowest BCUT2D eigenvalue weighted by molar-refractivity contribution is -0.136. The van der Waals surface area contributed by atoms with Gasteiger partial charge in [0.1, 0.15) is 28.0 Å². The Morgan fingerprint density at radius 3 is 2.53 bits per heavy atom. The molecule has 0 radical (unpaired) electrons. The highest BCUT2D eigenvalue weighted by atomic mass is 79.9. The number of aryl methyl sites for hydroxylation is 3. The number of anilines is 2. The molecule has 3 heterocycles. The quantitative estimate of drug-likeness (QED) is 0.0371. The molecule has 3 atom stereocenters. The Balaban J connectivity index is 1.27. The monoisotopic (exact) mass is 831 g/mol. The van der Waals surface area contributed by atoms with Gasteiger partial charge < -0.3 is 20.3 Å². The van der Waals surface area contributed by atoms with Gasteiger partial charge >= 0.3 is 0 Å². The normalized spacial score (nSPS) is 18.1. The fourth-order valence-corrected chi connectivity index (χ4v) is 8.01. The van der Waals surface area contributed by atoms with Gasteiger partial charge in [-0.15, -0.1) is 13.2 Å². The highest BCUT2D eigenvalue weighted by Crippen LogP contribution is 2.60. The van der Waals surface area contributed by atoms with Crippen molar-refractivity contribution in [3.8, 4) is 11.1 Å². The fraction of sp³-hybridized carbons (Fsp3) is 0.356. The Kier molecular flexibility index (Phi) is 13.3. The molecule has 0 spiro atoms. The van der Waals surface area contributed by atoms with Crippen LogP contribution in [-0.4, -0.2) is 68.4 Å². The van der Waals surface area contributed by atoms with Crippen LogP contribution in [0.3, 0.4) is 0 Å². The van der Waals surface area contributed by atoms with Crippen molar-refractivity contribution in [2.24, 2.45) is 5.41 Å². The van der Waals surface area contributed by atoms with Crippen LogP contribution in [0, 0.1) is 24.7 Å². The Bertz CT molecular complexity index is 2190. The zero-order chi connectivity index (χ0) is 40.7. The van der Waals surface area contributed by atoms with E-state index < -0.39 is 11.8 Å². The van der Waals surface area contributed by atoms with Crippen molar-refractivity contribution in [2.45, 2.75) is 84.4 Å². The van der Waals surface area contributed by atoms with Crippen LogP contribution in [0.25, 0.3) is 11.1 Å². The fourth-order valence-electron chi connectivity index (χ4n) is 7.70. The molecular weight excluding hydrogens is 782 g/mol. The lowest BCUT2D eigenvalue weighted by Crippen LogP contribution is -2.47. The maximum absolute atomic E-state index is 14.5. The molecule has 11 nitrogen and oxygen atoms in total. The topological polar surface area (TPSA) is 150 Å². The van der Waals surface area contributed by atoms with Gasteiger partial charge in [0.2, 0.25) is 11.8 Å². The predicted octanol–water partition coefficient (Wildman–Crippen LogP) is 8.13. The number of hydrogen-bond donors (Lipinski definition) is 3. The average molecular weight is 833 g/mol. The van der Waals surface area contributed by atoms with Crippen molar-refractivity contribution in [3.63, 3.8) is 0 Å². The summed E-state index contributed by atoms with van der Waals surface area (Å²) in [5.41, 5.74) is 5.81. The van der Waals surface area contributed by atoms with Crippen molar-refractivity contribution in [3.05, 3.63) is 124 Å². The number of unbranched alkanes of at least 4 members (excludes halogenated alkanes) is 2. The number of ether oxygens (including phenoxy) is 1. The molecule has 1 saturated heterocycles. The van der Waals surface area contributed by atoms with Gasteiger partial charge in [-0.1, -0.05) is 42.5 Å². The molecule has 2 aliphatic rings. The predicted molar refractivity (Wildman–Crippen MR) is 227 cm³/mol. The number of fused-ring (bicyclic) bond motifs is 1. The van der Waals surface area contributed by atoms with Crippen molar-refractivity contribution in [2.75, 3.05) is 23.8 Å². The molecule has 0 bridgehead atoms. The lowest BCUT2D eigenvalue weighted by atomic mass is 9.92. The minimum Gasteiger partial charge on any atom is -0.376 e. The van der Waals surface area contributed by atoms with E-state index >= 15 is 0 Å². The molecule has 2 fully saturated rings. The van der Waals surface area contributed by atoms with Crippen molar-refractivity contribution >= 4 is 50.7 Å². The van der Waals surface area contributed by atoms with Crippen LogP contribution in [0.5, 0.6) is 0 Å². The smallest absolute Gasteiger partial charge is 0.248 e. The van der Waals surface area contributed by atoms with Gasteiger partial charge in [-0.2, -0.15) is 0 Å². The molecule has 2 aromatic heterocycles. The van der Waals surface area contributed by atoms with E-state index in [-0.39, 0.29) is 35.5 Å². The van der Waals surface area contributed by atoms with Gasteiger partial charge in [0.05, 0.1) is 19.8 Å². The number of likely N-dealkylation sites (tertiary alicyclic amines) is 1. The standard InChI is InChI=1S/C45H50BrN7O4/c1-6-8-9-10-15-33-19-34(35-23-48-30(5)49-24-35)20-36(41(47)29(4)54)42(33)50-25-40(55)53-37(44(56)52-43-28(3)16-17-39(46)51-43)21-45(22-38(45)53)27-57-26-32-14-11-13-31(18-32)12-7-2/h6-7,11,13-14,16-20,23-24,37-38,47,50H,1-2,8-10,12,15,21-22,25-27H2,3-5H3,(H,51,52,56)/t37-,38+,45-/m0/s1. The number of carbonyl (C=O) groups excluding carboxylic acids is 3. The molecule has 3 N–H and O–H groups in total. The van der Waals surface area contributed by atoms with Crippen molar-refractivity contribution < 1.29 is 19.1 Å². The number of Topliss-reactive ketones (excluding diaryl/α,β-unsaturated/α-hetero) is 1. The van der Waals surface area contributed by atoms with Crippen LogP contribution < -0.4 is 10.6 Å². The Hall–Kier alpha value is -5.33. The number of nitrogens with zero attached hydrogens (tertiary/aromatic N) is 4. The SMILES string of the molecule is C=CCCCCc1cc(-c2cnc(C)nc2)cc(C(=N)C(C)=O)c1NCC(=O)N1[C@H](C(=O)Nc2nc(Br)ccc2C)C[C@@]2(COCc3cccc(CC=C)c3)C[C@@H]12. The summed E-state index contributed by atoms with van der Waals surface area (Å²) in [6, 6.07) is 14.7. The molecule has 1 aliphatic carbocycles. The third-order valence-corrected chi connectivity index (χ3v) is 11.3. The summed E-state index contributed by atoms with van der Waals surface area (Å²) in [5, 5.41) is 15.2. The van der Waals surface area contributed by atoms with Crippen molar-refractivity contribution in [1.82, 2.24) is 19.9 Å². The van der Waals surface area contributed by atoms with Gasteiger partial charge in [0.15, 0.2) is 5.78 Å². The number of rotatable bonds is 19. The first-order valence-corrected chi connectivity index (χ1v) is 20.1. The Morgan fingerprint density at radius 2 is 1.79 bits per heavy atom. The molecule has 1 aliphatic heterocycles. The molecule has 296 valence electrons. The zero-order valence-electron chi connectivity index (χ0n) is 32.9. The largest absolute Gasteiger partial charge is 0.376 e. The van der Waals surface area contributed by atoms with E-state index in [1.807, 2.05) is 56.3 Å². The van der Waals surface area contributed by atoms with E-state index in [1.54, 1.807) is 23.4 Å². The molecule has 57 heavy (non-hydrogen) atoms. The summed E-state index contributed by atoms with van der Waals surface area (Å²) < 4.78 is 6.90. The maximum atomic E-state index is 14.5. The van der Waals surface area contributed by atoms with Gasteiger partial charge in [0.25, 0.3) is 0 Å². The third kappa shape index (κ3) is 9.80. The van der Waals surface area contributed by atoms with E-state index in [2.05, 4.69) is 66.8 Å². The second-order valence-electron chi connectivity index (χ2n) is 15.1. The van der Waals surface area contributed by atoms with E-state index in [0.717, 1.165) is 65.5 Å². The number of halogens is 1.